The van der Waals surface area contributed by atoms with Crippen molar-refractivity contribution in [1.29, 1.82) is 0 Å². The fourth-order valence-electron chi connectivity index (χ4n) is 2.96. The predicted octanol–water partition coefficient (Wildman–Crippen LogP) is 4.04. The Morgan fingerprint density at radius 3 is 2.86 bits per heavy atom. The molecule has 0 saturated carbocycles. The highest BCUT2D eigenvalue weighted by atomic mass is 15.3. The van der Waals surface area contributed by atoms with Gasteiger partial charge in [0.1, 0.15) is 5.82 Å². The number of nitrogens with zero attached hydrogens (tertiary/aromatic N) is 5. The van der Waals surface area contributed by atoms with Gasteiger partial charge in [-0.05, 0) is 36.8 Å². The minimum Gasteiger partial charge on any atom is -0.341 e. The molecule has 3 aromatic rings. The maximum Gasteiger partial charge on any atom is 0.229 e. The molecule has 0 radical (unpaired) electrons. The van der Waals surface area contributed by atoms with E-state index in [0.29, 0.717) is 12.5 Å². The van der Waals surface area contributed by atoms with Crippen molar-refractivity contribution in [3.63, 3.8) is 0 Å². The van der Waals surface area contributed by atoms with Gasteiger partial charge >= 0.3 is 0 Å². The van der Waals surface area contributed by atoms with E-state index in [9.17, 15) is 0 Å². The molecule has 28 heavy (non-hydrogen) atoms. The molecule has 0 fully saturated rings. The van der Waals surface area contributed by atoms with Gasteiger partial charge in [0.15, 0.2) is 0 Å². The molecule has 0 spiro atoms. The van der Waals surface area contributed by atoms with E-state index in [2.05, 4.69) is 51.2 Å². The van der Waals surface area contributed by atoms with Gasteiger partial charge in [0.05, 0.1) is 12.2 Å². The van der Waals surface area contributed by atoms with E-state index in [-0.39, 0.29) is 0 Å². The smallest absolute Gasteiger partial charge is 0.229 e. The van der Waals surface area contributed by atoms with Crippen molar-refractivity contribution in [1.82, 2.24) is 19.7 Å². The number of benzene rings is 1. The predicted molar refractivity (Wildman–Crippen MR) is 113 cm³/mol. The molecule has 1 aliphatic rings. The Morgan fingerprint density at radius 2 is 2.07 bits per heavy atom. The van der Waals surface area contributed by atoms with Crippen LogP contribution in [0.25, 0.3) is 11.8 Å². The summed E-state index contributed by atoms with van der Waals surface area (Å²) in [6.07, 6.45) is 11.7. The number of anilines is 3. The van der Waals surface area contributed by atoms with Gasteiger partial charge < -0.3 is 10.2 Å². The van der Waals surface area contributed by atoms with Crippen molar-refractivity contribution >= 4 is 23.5 Å². The number of hydrogen-bond acceptors (Lipinski definition) is 5. The molecule has 4 rings (SSSR count). The number of aromatic nitrogens is 4. The van der Waals surface area contributed by atoms with Crippen LogP contribution in [0.15, 0.2) is 55.0 Å². The molecule has 1 N–H and O–H groups in total. The SMILES string of the molecule is CCCC#CCN1CC=Cc2cnc(Nc3ccc(-n4cccn4)cc3)nc21. The third-order valence-corrected chi connectivity index (χ3v) is 4.38. The molecule has 6 heteroatoms. The Labute approximate surface area is 164 Å². The highest BCUT2D eigenvalue weighted by Crippen LogP contribution is 2.25. The highest BCUT2D eigenvalue weighted by molar-refractivity contribution is 5.69. The molecular weight excluding hydrogens is 348 g/mol. The summed E-state index contributed by atoms with van der Waals surface area (Å²) in [7, 11) is 0. The lowest BCUT2D eigenvalue weighted by Gasteiger charge is -2.25. The van der Waals surface area contributed by atoms with E-state index in [0.717, 1.165) is 42.1 Å². The van der Waals surface area contributed by atoms with Gasteiger partial charge in [-0.2, -0.15) is 10.1 Å². The summed E-state index contributed by atoms with van der Waals surface area (Å²) in [5, 5.41) is 7.53. The van der Waals surface area contributed by atoms with Crippen molar-refractivity contribution in [2.75, 3.05) is 23.3 Å². The molecule has 0 unspecified atom stereocenters. The van der Waals surface area contributed by atoms with Gasteiger partial charge in [-0.15, -0.1) is 5.92 Å². The number of hydrogen-bond donors (Lipinski definition) is 1. The first-order valence-electron chi connectivity index (χ1n) is 9.45. The first kappa shape index (κ1) is 17.8. The quantitative estimate of drug-likeness (QED) is 0.687. The number of nitrogens with one attached hydrogen (secondary N) is 1. The second-order valence-corrected chi connectivity index (χ2v) is 6.48. The van der Waals surface area contributed by atoms with Crippen LogP contribution in [0, 0.1) is 11.8 Å². The van der Waals surface area contributed by atoms with E-state index in [4.69, 9.17) is 4.98 Å². The second kappa shape index (κ2) is 8.40. The Hall–Kier alpha value is -3.59. The normalized spacial score (nSPS) is 12.2. The minimum absolute atomic E-state index is 0.576. The topological polar surface area (TPSA) is 58.9 Å². The zero-order valence-corrected chi connectivity index (χ0v) is 15.8. The third-order valence-electron chi connectivity index (χ3n) is 4.38. The van der Waals surface area contributed by atoms with E-state index in [1.807, 2.05) is 47.4 Å². The van der Waals surface area contributed by atoms with Crippen molar-refractivity contribution in [2.24, 2.45) is 0 Å². The van der Waals surface area contributed by atoms with Crippen LogP contribution in [-0.2, 0) is 0 Å². The molecule has 6 nitrogen and oxygen atoms in total. The van der Waals surface area contributed by atoms with Crippen molar-refractivity contribution in [3.8, 4) is 17.5 Å². The van der Waals surface area contributed by atoms with Crippen LogP contribution in [-0.4, -0.2) is 32.8 Å². The Morgan fingerprint density at radius 1 is 1.18 bits per heavy atom. The molecule has 1 aromatic carbocycles. The van der Waals surface area contributed by atoms with E-state index >= 15 is 0 Å². The molecule has 140 valence electrons. The first-order valence-corrected chi connectivity index (χ1v) is 9.45. The molecule has 0 atom stereocenters. The van der Waals surface area contributed by atoms with Crippen LogP contribution in [0.3, 0.4) is 0 Å². The summed E-state index contributed by atoms with van der Waals surface area (Å²) >= 11 is 0. The maximum atomic E-state index is 4.73. The average molecular weight is 370 g/mol. The van der Waals surface area contributed by atoms with Gasteiger partial charge in [-0.1, -0.05) is 25.0 Å². The van der Waals surface area contributed by atoms with Gasteiger partial charge in [-0.25, -0.2) is 9.67 Å². The lowest BCUT2D eigenvalue weighted by molar-refractivity contribution is 0.880. The highest BCUT2D eigenvalue weighted by Gasteiger charge is 2.15. The fraction of sp³-hybridized carbons (Fsp3) is 0.227. The Kier molecular flexibility index (Phi) is 5.34. The van der Waals surface area contributed by atoms with Crippen LogP contribution < -0.4 is 10.2 Å². The minimum atomic E-state index is 0.576. The number of unbranched alkanes of at least 4 members (excludes halogenated alkanes) is 1. The zero-order chi connectivity index (χ0) is 19.2. The molecule has 0 aliphatic carbocycles. The summed E-state index contributed by atoms with van der Waals surface area (Å²) in [6.45, 7) is 3.62. The summed E-state index contributed by atoms with van der Waals surface area (Å²) in [4.78, 5) is 11.4. The third kappa shape index (κ3) is 4.04. The molecule has 2 aromatic heterocycles. The molecule has 3 heterocycles. The van der Waals surface area contributed by atoms with Crippen LogP contribution >= 0.6 is 0 Å². The van der Waals surface area contributed by atoms with Crippen molar-refractivity contribution in [3.05, 3.63) is 60.6 Å². The van der Waals surface area contributed by atoms with Crippen molar-refractivity contribution < 1.29 is 0 Å². The van der Waals surface area contributed by atoms with Crippen LogP contribution in [0.2, 0.25) is 0 Å². The number of rotatable bonds is 5. The summed E-state index contributed by atoms with van der Waals surface area (Å²) in [5.74, 6) is 7.93. The second-order valence-electron chi connectivity index (χ2n) is 6.48. The lowest BCUT2D eigenvalue weighted by atomic mass is 10.2. The number of fused-ring (bicyclic) bond motifs is 1. The van der Waals surface area contributed by atoms with Crippen LogP contribution in [0.4, 0.5) is 17.5 Å². The first-order chi connectivity index (χ1) is 13.8. The fourth-order valence-corrected chi connectivity index (χ4v) is 2.96. The Balaban J connectivity index is 1.50. The summed E-state index contributed by atoms with van der Waals surface area (Å²) in [5.41, 5.74) is 2.95. The largest absolute Gasteiger partial charge is 0.341 e. The summed E-state index contributed by atoms with van der Waals surface area (Å²) < 4.78 is 1.82. The van der Waals surface area contributed by atoms with E-state index in [1.54, 1.807) is 6.20 Å². The molecule has 0 amide bonds. The molecule has 0 bridgehead atoms. The molecular formula is C22H22N6. The molecule has 1 aliphatic heterocycles. The summed E-state index contributed by atoms with van der Waals surface area (Å²) in [6, 6.07) is 9.90. The maximum absolute atomic E-state index is 4.73. The van der Waals surface area contributed by atoms with Gasteiger partial charge in [0.25, 0.3) is 0 Å². The zero-order valence-electron chi connectivity index (χ0n) is 15.8. The average Bonchev–Trinajstić information content (AvgIpc) is 3.27. The van der Waals surface area contributed by atoms with E-state index in [1.165, 1.54) is 0 Å². The van der Waals surface area contributed by atoms with Gasteiger partial charge in [-0.3, -0.25) is 0 Å². The van der Waals surface area contributed by atoms with Crippen LogP contribution in [0.1, 0.15) is 25.3 Å². The van der Waals surface area contributed by atoms with E-state index < -0.39 is 0 Å². The standard InChI is InChI=1S/C22H22N6/c1-2-3-4-5-14-27-15-6-8-18-17-23-22(26-21(18)27)25-19-9-11-20(12-10-19)28-16-7-13-24-28/h6-13,16-17H,2-3,14-15H2,1H3,(H,23,25,26). The molecule has 0 saturated heterocycles. The van der Waals surface area contributed by atoms with Crippen molar-refractivity contribution in [2.45, 2.75) is 19.8 Å². The Bertz CT molecular complexity index is 1010. The van der Waals surface area contributed by atoms with Gasteiger partial charge in [0.2, 0.25) is 5.95 Å². The van der Waals surface area contributed by atoms with Crippen LogP contribution in [0.5, 0.6) is 0 Å². The monoisotopic (exact) mass is 370 g/mol. The van der Waals surface area contributed by atoms with Gasteiger partial charge in [0, 0.05) is 42.8 Å². The lowest BCUT2D eigenvalue weighted by Crippen LogP contribution is -2.27.